The summed E-state index contributed by atoms with van der Waals surface area (Å²) >= 11 is 5.91. The van der Waals surface area contributed by atoms with Crippen molar-refractivity contribution in [3.8, 4) is 0 Å². The van der Waals surface area contributed by atoms with Crippen molar-refractivity contribution in [1.82, 2.24) is 19.8 Å². The summed E-state index contributed by atoms with van der Waals surface area (Å²) in [6.07, 6.45) is -5.52. The first-order valence-corrected chi connectivity index (χ1v) is 11.8. The number of anilines is 2. The minimum atomic E-state index is -4.71. The molecular formula is C24H24ClF3N6O2. The van der Waals surface area contributed by atoms with Crippen molar-refractivity contribution >= 4 is 39.9 Å². The zero-order valence-corrected chi connectivity index (χ0v) is 19.9. The standard InChI is InChI=1S/C24H24ClF3N6O2/c25-15-3-1-14(2-4-15)22(36)33-9-7-32(8-10-33)19-12-34(13-20(19)35)21-17-11-16(29)5-6-18(17)30-23(31-21)24(26,27)28/h1-6,11,19-20,35H,7-10,12-13,29H2. The fraction of sp³-hybridized carbons (Fsp3) is 0.375. The Morgan fingerprint density at radius 1 is 1.03 bits per heavy atom. The maximum absolute atomic E-state index is 13.5. The number of nitrogens with zero attached hydrogens (tertiary/aromatic N) is 5. The molecule has 12 heteroatoms. The molecule has 0 saturated carbocycles. The smallest absolute Gasteiger partial charge is 0.399 e. The number of piperazine rings is 1. The number of halogens is 4. The fourth-order valence-electron chi connectivity index (χ4n) is 4.83. The average molecular weight is 521 g/mol. The number of carbonyl (C=O) groups excluding carboxylic acids is 1. The van der Waals surface area contributed by atoms with Gasteiger partial charge in [-0.2, -0.15) is 13.2 Å². The number of hydrogen-bond acceptors (Lipinski definition) is 7. The van der Waals surface area contributed by atoms with E-state index in [0.717, 1.165) is 0 Å². The fourth-order valence-corrected chi connectivity index (χ4v) is 4.96. The first kappa shape index (κ1) is 24.5. The molecule has 0 radical (unpaired) electrons. The van der Waals surface area contributed by atoms with Crippen LogP contribution >= 0.6 is 11.6 Å². The van der Waals surface area contributed by atoms with E-state index in [1.54, 1.807) is 40.1 Å². The summed E-state index contributed by atoms with van der Waals surface area (Å²) in [7, 11) is 0. The van der Waals surface area contributed by atoms with Crippen molar-refractivity contribution in [3.63, 3.8) is 0 Å². The van der Waals surface area contributed by atoms with Crippen LogP contribution in [0.4, 0.5) is 24.7 Å². The second-order valence-corrected chi connectivity index (χ2v) is 9.46. The van der Waals surface area contributed by atoms with Crippen LogP contribution in [-0.2, 0) is 6.18 Å². The molecule has 2 aliphatic rings. The lowest BCUT2D eigenvalue weighted by molar-refractivity contribution is -0.144. The lowest BCUT2D eigenvalue weighted by atomic mass is 10.1. The third-order valence-corrected chi connectivity index (χ3v) is 6.93. The summed E-state index contributed by atoms with van der Waals surface area (Å²) in [5.74, 6) is -1.23. The average Bonchev–Trinajstić information content (AvgIpc) is 3.24. The Labute approximate surface area is 210 Å². The van der Waals surface area contributed by atoms with Gasteiger partial charge in [-0.05, 0) is 42.5 Å². The van der Waals surface area contributed by atoms with Crippen LogP contribution in [0, 0.1) is 0 Å². The van der Waals surface area contributed by atoms with Crippen LogP contribution in [0.25, 0.3) is 10.9 Å². The van der Waals surface area contributed by atoms with Gasteiger partial charge in [-0.3, -0.25) is 9.69 Å². The maximum Gasteiger partial charge on any atom is 0.451 e. The van der Waals surface area contributed by atoms with E-state index < -0.39 is 18.1 Å². The summed E-state index contributed by atoms with van der Waals surface area (Å²) < 4.78 is 40.5. The van der Waals surface area contributed by atoms with Gasteiger partial charge in [-0.25, -0.2) is 9.97 Å². The molecule has 36 heavy (non-hydrogen) atoms. The quantitative estimate of drug-likeness (QED) is 0.512. The molecule has 3 aromatic rings. The van der Waals surface area contributed by atoms with Crippen molar-refractivity contribution < 1.29 is 23.1 Å². The van der Waals surface area contributed by atoms with E-state index in [-0.39, 0.29) is 36.4 Å². The number of carbonyl (C=O) groups is 1. The van der Waals surface area contributed by atoms with Crippen molar-refractivity contribution in [2.24, 2.45) is 0 Å². The van der Waals surface area contributed by atoms with E-state index >= 15 is 0 Å². The molecule has 2 fully saturated rings. The van der Waals surface area contributed by atoms with Gasteiger partial charge in [-0.1, -0.05) is 11.6 Å². The number of nitrogens with two attached hydrogens (primary N) is 1. The molecule has 2 atom stereocenters. The second kappa shape index (κ2) is 9.38. The molecule has 0 aliphatic carbocycles. The Hall–Kier alpha value is -3.15. The van der Waals surface area contributed by atoms with E-state index in [1.165, 1.54) is 12.1 Å². The summed E-state index contributed by atoms with van der Waals surface area (Å²) in [5.41, 5.74) is 6.94. The largest absolute Gasteiger partial charge is 0.451 e. The van der Waals surface area contributed by atoms with Gasteiger partial charge in [0.2, 0.25) is 5.82 Å². The lowest BCUT2D eigenvalue weighted by Crippen LogP contribution is -2.54. The molecule has 0 spiro atoms. The minimum Gasteiger partial charge on any atom is -0.399 e. The van der Waals surface area contributed by atoms with Crippen molar-refractivity contribution in [3.05, 3.63) is 58.9 Å². The molecule has 8 nitrogen and oxygen atoms in total. The molecule has 5 rings (SSSR count). The van der Waals surface area contributed by atoms with Gasteiger partial charge in [0.05, 0.1) is 17.7 Å². The van der Waals surface area contributed by atoms with Gasteiger partial charge >= 0.3 is 6.18 Å². The first-order chi connectivity index (χ1) is 17.1. The van der Waals surface area contributed by atoms with Gasteiger partial charge in [0.25, 0.3) is 5.91 Å². The molecule has 3 heterocycles. The third-order valence-electron chi connectivity index (χ3n) is 6.67. The third kappa shape index (κ3) is 4.78. The lowest BCUT2D eigenvalue weighted by Gasteiger charge is -2.38. The number of fused-ring (bicyclic) bond motifs is 1. The molecule has 1 amide bonds. The number of benzene rings is 2. The van der Waals surface area contributed by atoms with Gasteiger partial charge < -0.3 is 20.6 Å². The minimum absolute atomic E-state index is 0.0929. The zero-order valence-electron chi connectivity index (χ0n) is 19.1. The van der Waals surface area contributed by atoms with Crippen LogP contribution in [0.1, 0.15) is 16.2 Å². The number of β-amino-alcohol motifs (C(OH)–C–C–N with tert-alkyl or cyclic N) is 1. The second-order valence-electron chi connectivity index (χ2n) is 9.02. The SMILES string of the molecule is Nc1ccc2nc(C(F)(F)F)nc(N3CC(O)C(N4CCN(C(=O)c5ccc(Cl)cc5)CC4)C3)c2c1. The van der Waals surface area contributed by atoms with E-state index in [9.17, 15) is 23.1 Å². The zero-order chi connectivity index (χ0) is 25.6. The van der Waals surface area contributed by atoms with Gasteiger partial charge in [0.1, 0.15) is 5.82 Å². The Morgan fingerprint density at radius 3 is 2.39 bits per heavy atom. The van der Waals surface area contributed by atoms with Crippen LogP contribution in [0.3, 0.4) is 0 Å². The number of hydrogen-bond donors (Lipinski definition) is 2. The van der Waals surface area contributed by atoms with Gasteiger partial charge in [0.15, 0.2) is 0 Å². The number of aliphatic hydroxyl groups excluding tert-OH is 1. The topological polar surface area (TPSA) is 98.8 Å². The van der Waals surface area contributed by atoms with Gasteiger partial charge in [0, 0.05) is 60.9 Å². The van der Waals surface area contributed by atoms with Crippen LogP contribution in [0.2, 0.25) is 5.02 Å². The summed E-state index contributed by atoms with van der Waals surface area (Å²) in [6.45, 7) is 2.39. The molecule has 2 aliphatic heterocycles. The van der Waals surface area contributed by atoms with Crippen LogP contribution in [0.5, 0.6) is 0 Å². The summed E-state index contributed by atoms with van der Waals surface area (Å²) in [5, 5.41) is 11.8. The Bertz CT molecular complexity index is 1280. The monoisotopic (exact) mass is 520 g/mol. The molecule has 2 aromatic carbocycles. The Morgan fingerprint density at radius 2 is 1.72 bits per heavy atom. The summed E-state index contributed by atoms with van der Waals surface area (Å²) in [4.78, 5) is 25.8. The molecule has 190 valence electrons. The number of aromatic nitrogens is 2. The Kier molecular flexibility index (Phi) is 6.39. The van der Waals surface area contributed by atoms with Crippen LogP contribution in [-0.4, -0.2) is 82.2 Å². The maximum atomic E-state index is 13.5. The highest BCUT2D eigenvalue weighted by Gasteiger charge is 2.40. The number of amides is 1. The predicted octanol–water partition coefficient (Wildman–Crippen LogP) is 2.89. The number of aliphatic hydroxyl groups is 1. The number of alkyl halides is 3. The highest BCUT2D eigenvalue weighted by Crippen LogP contribution is 2.34. The highest BCUT2D eigenvalue weighted by molar-refractivity contribution is 6.30. The van der Waals surface area contributed by atoms with Crippen molar-refractivity contribution in [1.29, 1.82) is 0 Å². The number of nitrogen functional groups attached to an aromatic ring is 1. The molecule has 2 unspecified atom stereocenters. The van der Waals surface area contributed by atoms with Crippen molar-refractivity contribution in [2.75, 3.05) is 49.9 Å². The van der Waals surface area contributed by atoms with Gasteiger partial charge in [-0.15, -0.1) is 0 Å². The predicted molar refractivity (Wildman–Crippen MR) is 130 cm³/mol. The number of rotatable bonds is 3. The van der Waals surface area contributed by atoms with E-state index in [2.05, 4.69) is 14.9 Å². The van der Waals surface area contributed by atoms with E-state index in [0.29, 0.717) is 47.8 Å². The van der Waals surface area contributed by atoms with Crippen LogP contribution < -0.4 is 10.6 Å². The molecule has 3 N–H and O–H groups in total. The van der Waals surface area contributed by atoms with E-state index in [1.807, 2.05) is 0 Å². The molecule has 1 aromatic heterocycles. The first-order valence-electron chi connectivity index (χ1n) is 11.5. The normalized spacial score (nSPS) is 21.4. The highest BCUT2D eigenvalue weighted by atomic mass is 35.5. The van der Waals surface area contributed by atoms with Crippen LogP contribution in [0.15, 0.2) is 42.5 Å². The summed E-state index contributed by atoms with van der Waals surface area (Å²) in [6, 6.07) is 10.9. The van der Waals surface area contributed by atoms with Crippen molar-refractivity contribution in [2.45, 2.75) is 18.3 Å². The molecule has 2 saturated heterocycles. The Balaban J connectivity index is 1.32. The molecule has 0 bridgehead atoms. The molecular weight excluding hydrogens is 497 g/mol. The van der Waals surface area contributed by atoms with E-state index in [4.69, 9.17) is 17.3 Å².